The van der Waals surface area contributed by atoms with E-state index in [1.165, 1.54) is 0 Å². The van der Waals surface area contributed by atoms with Crippen molar-refractivity contribution in [1.82, 2.24) is 0 Å². The molecule has 1 atom stereocenters. The number of rotatable bonds is 2. The summed E-state index contributed by atoms with van der Waals surface area (Å²) < 4.78 is 82.1. The second-order valence-electron chi connectivity index (χ2n) is 5.29. The first-order valence-electron chi connectivity index (χ1n) is 6.64. The zero-order valence-corrected chi connectivity index (χ0v) is 11.7. The molecule has 1 aromatic carbocycles. The van der Waals surface area contributed by atoms with Gasteiger partial charge in [0.25, 0.3) is 0 Å². The Bertz CT molecular complexity index is 611. The molecule has 0 fully saturated rings. The largest absolute Gasteiger partial charge is 0.411 e. The van der Waals surface area contributed by atoms with E-state index in [0.29, 0.717) is 0 Å². The summed E-state index contributed by atoms with van der Waals surface area (Å²) in [6.07, 6.45) is -8.45. The van der Waals surface area contributed by atoms with Gasteiger partial charge in [0.2, 0.25) is 5.41 Å². The monoisotopic (exact) mass is 336 g/mol. The predicted molar refractivity (Wildman–Crippen MR) is 74.5 cm³/mol. The molecule has 2 nitrogen and oxygen atoms in total. The standard InChI is InChI=1S/C15H14F6N2/c16-14(17,18)13(15(19,20)21,9-1-5-11(22)6-2-9)10-3-7-12(23)8-4-10/h1-7,12H,8,22-23H2. The van der Waals surface area contributed by atoms with Gasteiger partial charge >= 0.3 is 12.4 Å². The minimum absolute atomic E-state index is 0.0715. The highest BCUT2D eigenvalue weighted by atomic mass is 19.4. The maximum Gasteiger partial charge on any atom is 0.411 e. The fourth-order valence-corrected chi connectivity index (χ4v) is 2.63. The number of halogens is 6. The Morgan fingerprint density at radius 1 is 0.913 bits per heavy atom. The molecule has 0 saturated carbocycles. The van der Waals surface area contributed by atoms with Crippen LogP contribution in [0.4, 0.5) is 32.0 Å². The van der Waals surface area contributed by atoms with Crippen LogP contribution in [0.5, 0.6) is 0 Å². The molecule has 0 spiro atoms. The zero-order chi connectivity index (χ0) is 17.5. The van der Waals surface area contributed by atoms with E-state index < -0.39 is 34.9 Å². The summed E-state index contributed by atoms with van der Waals surface area (Å²) in [5, 5.41) is 0. The van der Waals surface area contributed by atoms with Crippen molar-refractivity contribution < 1.29 is 26.3 Å². The highest BCUT2D eigenvalue weighted by molar-refractivity contribution is 5.51. The third-order valence-electron chi connectivity index (χ3n) is 3.76. The van der Waals surface area contributed by atoms with E-state index in [2.05, 4.69) is 0 Å². The van der Waals surface area contributed by atoms with Gasteiger partial charge in [-0.15, -0.1) is 0 Å². The molecule has 126 valence electrons. The van der Waals surface area contributed by atoms with Crippen LogP contribution in [0.15, 0.2) is 48.1 Å². The molecule has 1 aliphatic rings. The van der Waals surface area contributed by atoms with Gasteiger partial charge in [-0.1, -0.05) is 30.4 Å². The van der Waals surface area contributed by atoms with Gasteiger partial charge in [0.1, 0.15) is 0 Å². The molecular weight excluding hydrogens is 322 g/mol. The summed E-state index contributed by atoms with van der Waals surface area (Å²) in [6.45, 7) is 0. The molecule has 1 unspecified atom stereocenters. The first-order valence-corrected chi connectivity index (χ1v) is 6.64. The van der Waals surface area contributed by atoms with Gasteiger partial charge in [-0.25, -0.2) is 0 Å². The fraction of sp³-hybridized carbons (Fsp3) is 0.333. The molecule has 0 radical (unpaired) electrons. The van der Waals surface area contributed by atoms with Gasteiger partial charge in [-0.3, -0.25) is 0 Å². The Labute approximate surface area is 128 Å². The molecule has 23 heavy (non-hydrogen) atoms. The second-order valence-corrected chi connectivity index (χ2v) is 5.29. The van der Waals surface area contributed by atoms with E-state index in [4.69, 9.17) is 11.5 Å². The van der Waals surface area contributed by atoms with Crippen molar-refractivity contribution in [3.63, 3.8) is 0 Å². The minimum Gasteiger partial charge on any atom is -0.399 e. The van der Waals surface area contributed by atoms with Crippen LogP contribution in [0.3, 0.4) is 0 Å². The molecule has 0 aromatic heterocycles. The Balaban J connectivity index is 2.77. The van der Waals surface area contributed by atoms with Crippen molar-refractivity contribution in [2.24, 2.45) is 5.73 Å². The first-order chi connectivity index (χ1) is 10.5. The Morgan fingerprint density at radius 2 is 1.43 bits per heavy atom. The van der Waals surface area contributed by atoms with E-state index in [-0.39, 0.29) is 12.1 Å². The van der Waals surface area contributed by atoms with Crippen molar-refractivity contribution in [3.8, 4) is 0 Å². The lowest BCUT2D eigenvalue weighted by Gasteiger charge is -2.40. The smallest absolute Gasteiger partial charge is 0.399 e. The van der Waals surface area contributed by atoms with Gasteiger partial charge in [0.05, 0.1) is 0 Å². The summed E-state index contributed by atoms with van der Waals surface area (Å²) >= 11 is 0. The van der Waals surface area contributed by atoms with Crippen molar-refractivity contribution in [2.45, 2.75) is 30.2 Å². The van der Waals surface area contributed by atoms with E-state index in [1.807, 2.05) is 0 Å². The van der Waals surface area contributed by atoms with Crippen molar-refractivity contribution in [2.75, 3.05) is 5.73 Å². The molecule has 1 aliphatic carbocycles. The number of nitrogens with two attached hydrogens (primary N) is 2. The lowest BCUT2D eigenvalue weighted by atomic mass is 9.70. The molecule has 0 amide bonds. The Morgan fingerprint density at radius 3 is 1.83 bits per heavy atom. The average Bonchev–Trinajstić information content (AvgIpc) is 2.40. The molecule has 0 bridgehead atoms. The topological polar surface area (TPSA) is 52.0 Å². The fourth-order valence-electron chi connectivity index (χ4n) is 2.63. The van der Waals surface area contributed by atoms with E-state index in [9.17, 15) is 26.3 Å². The summed E-state index contributed by atoms with van der Waals surface area (Å²) in [6, 6.07) is 2.92. The maximum atomic E-state index is 13.7. The number of nitrogen functional groups attached to an aromatic ring is 1. The van der Waals surface area contributed by atoms with E-state index in [0.717, 1.165) is 42.5 Å². The maximum absolute atomic E-state index is 13.7. The number of hydrogen-bond acceptors (Lipinski definition) is 2. The summed E-state index contributed by atoms with van der Waals surface area (Å²) in [4.78, 5) is 0. The van der Waals surface area contributed by atoms with Crippen LogP contribution in [0.1, 0.15) is 12.0 Å². The zero-order valence-electron chi connectivity index (χ0n) is 11.7. The molecule has 0 saturated heterocycles. The van der Waals surface area contributed by atoms with Gasteiger partial charge < -0.3 is 11.5 Å². The number of anilines is 1. The number of hydrogen-bond donors (Lipinski definition) is 2. The van der Waals surface area contributed by atoms with E-state index in [1.54, 1.807) is 0 Å². The Kier molecular flexibility index (Phi) is 4.23. The number of benzene rings is 1. The highest BCUT2D eigenvalue weighted by Gasteiger charge is 2.72. The average molecular weight is 336 g/mol. The van der Waals surface area contributed by atoms with Crippen LogP contribution >= 0.6 is 0 Å². The SMILES string of the molecule is Nc1ccc(C(C2=CCC(N)C=C2)(C(F)(F)F)C(F)(F)F)cc1. The molecule has 0 heterocycles. The van der Waals surface area contributed by atoms with Crippen molar-refractivity contribution in [1.29, 1.82) is 0 Å². The van der Waals surface area contributed by atoms with Gasteiger partial charge in [0.15, 0.2) is 0 Å². The summed E-state index contributed by atoms with van der Waals surface area (Å²) in [5.41, 5.74) is 5.02. The first kappa shape index (κ1) is 17.4. The van der Waals surface area contributed by atoms with Crippen LogP contribution in [0.2, 0.25) is 0 Å². The number of alkyl halides is 6. The van der Waals surface area contributed by atoms with E-state index >= 15 is 0 Å². The lowest BCUT2D eigenvalue weighted by molar-refractivity contribution is -0.289. The van der Waals surface area contributed by atoms with Crippen LogP contribution < -0.4 is 11.5 Å². The predicted octanol–water partition coefficient (Wildman–Crippen LogP) is 3.84. The molecule has 0 aliphatic heterocycles. The number of allylic oxidation sites excluding steroid dienone is 2. The minimum atomic E-state index is -5.58. The molecular formula is C15H14F6N2. The second kappa shape index (κ2) is 5.59. The molecule has 8 heteroatoms. The summed E-state index contributed by atoms with van der Waals surface area (Å²) in [7, 11) is 0. The van der Waals surface area contributed by atoms with Crippen molar-refractivity contribution in [3.05, 3.63) is 53.6 Å². The molecule has 1 aromatic rings. The van der Waals surface area contributed by atoms with Crippen LogP contribution in [0.25, 0.3) is 0 Å². The lowest BCUT2D eigenvalue weighted by Crippen LogP contribution is -2.55. The molecule has 4 N–H and O–H groups in total. The van der Waals surface area contributed by atoms with Crippen LogP contribution in [0, 0.1) is 0 Å². The van der Waals surface area contributed by atoms with Gasteiger partial charge in [-0.05, 0) is 29.7 Å². The quantitative estimate of drug-likeness (QED) is 0.637. The third kappa shape index (κ3) is 2.83. The van der Waals surface area contributed by atoms with Crippen LogP contribution in [-0.4, -0.2) is 18.4 Å². The van der Waals surface area contributed by atoms with Crippen LogP contribution in [-0.2, 0) is 5.41 Å². The third-order valence-corrected chi connectivity index (χ3v) is 3.76. The Hall–Kier alpha value is -1.96. The normalized spacial score (nSPS) is 19.6. The highest BCUT2D eigenvalue weighted by Crippen LogP contribution is 2.57. The summed E-state index contributed by atoms with van der Waals surface area (Å²) in [5.74, 6) is 0. The van der Waals surface area contributed by atoms with Crippen molar-refractivity contribution >= 4 is 5.69 Å². The van der Waals surface area contributed by atoms with Gasteiger partial charge in [-0.2, -0.15) is 26.3 Å². The van der Waals surface area contributed by atoms with Gasteiger partial charge in [0, 0.05) is 11.7 Å². The molecule has 2 rings (SSSR count).